The molecule has 0 atom stereocenters. The Morgan fingerprint density at radius 2 is 1.72 bits per heavy atom. The number of carbonyl (C=O) groups excluding carboxylic acids is 1. The van der Waals surface area contributed by atoms with E-state index in [-0.39, 0.29) is 18.7 Å². The van der Waals surface area contributed by atoms with Crippen molar-refractivity contribution in [3.8, 4) is 0 Å². The first kappa shape index (κ1) is 19.0. The Hall–Kier alpha value is -2.35. The lowest BCUT2D eigenvalue weighted by Crippen LogP contribution is -2.18. The number of rotatable bonds is 5. The average molecular weight is 379 g/mol. The standard InChI is InChI=1S/C16H12ClF5N2O/c17-11-5-4-9(8-10(11)16(20,21)22)23-7-6-14(25)24-15-12(18)2-1-3-13(15)19/h1-5,8,23H,6-7H2,(H,24,25). The molecule has 2 N–H and O–H groups in total. The molecule has 0 bridgehead atoms. The number of hydrogen-bond donors (Lipinski definition) is 2. The van der Waals surface area contributed by atoms with Gasteiger partial charge in [0.15, 0.2) is 0 Å². The van der Waals surface area contributed by atoms with Gasteiger partial charge in [-0.1, -0.05) is 17.7 Å². The molecule has 25 heavy (non-hydrogen) atoms. The van der Waals surface area contributed by atoms with Gasteiger partial charge in [0.25, 0.3) is 0 Å². The number of alkyl halides is 3. The van der Waals surface area contributed by atoms with Gasteiger partial charge in [-0.25, -0.2) is 8.78 Å². The molecule has 2 aromatic rings. The summed E-state index contributed by atoms with van der Waals surface area (Å²) >= 11 is 5.50. The number of carbonyl (C=O) groups is 1. The van der Waals surface area contributed by atoms with Crippen LogP contribution < -0.4 is 10.6 Å². The van der Waals surface area contributed by atoms with Gasteiger partial charge >= 0.3 is 6.18 Å². The average Bonchev–Trinajstić information content (AvgIpc) is 2.51. The first-order valence-corrected chi connectivity index (χ1v) is 7.41. The van der Waals surface area contributed by atoms with Crippen molar-refractivity contribution < 1.29 is 26.7 Å². The summed E-state index contributed by atoms with van der Waals surface area (Å²) in [6, 6.07) is 6.36. The van der Waals surface area contributed by atoms with Gasteiger partial charge in [-0.05, 0) is 30.3 Å². The molecule has 0 spiro atoms. The molecular weight excluding hydrogens is 367 g/mol. The van der Waals surface area contributed by atoms with Crippen molar-refractivity contribution in [2.75, 3.05) is 17.2 Å². The van der Waals surface area contributed by atoms with Gasteiger partial charge in [-0.2, -0.15) is 13.2 Å². The lowest BCUT2D eigenvalue weighted by Gasteiger charge is -2.12. The zero-order chi connectivity index (χ0) is 18.6. The Morgan fingerprint density at radius 3 is 2.32 bits per heavy atom. The van der Waals surface area contributed by atoms with Gasteiger partial charge in [0.2, 0.25) is 5.91 Å². The summed E-state index contributed by atoms with van der Waals surface area (Å²) in [4.78, 5) is 11.7. The molecule has 0 heterocycles. The van der Waals surface area contributed by atoms with Crippen molar-refractivity contribution in [2.24, 2.45) is 0 Å². The maximum atomic E-state index is 13.4. The summed E-state index contributed by atoms with van der Waals surface area (Å²) in [6.45, 7) is -0.0408. The van der Waals surface area contributed by atoms with Crippen LogP contribution in [0.25, 0.3) is 0 Å². The second-order valence-corrected chi connectivity index (χ2v) is 5.42. The number of para-hydroxylation sites is 1. The van der Waals surface area contributed by atoms with E-state index < -0.39 is 40.0 Å². The first-order valence-electron chi connectivity index (χ1n) is 7.03. The van der Waals surface area contributed by atoms with E-state index in [2.05, 4.69) is 10.6 Å². The predicted molar refractivity (Wildman–Crippen MR) is 84.5 cm³/mol. The zero-order valence-electron chi connectivity index (χ0n) is 12.6. The van der Waals surface area contributed by atoms with Crippen LogP contribution in [0.4, 0.5) is 33.3 Å². The van der Waals surface area contributed by atoms with Crippen molar-refractivity contribution in [3.63, 3.8) is 0 Å². The number of nitrogens with one attached hydrogen (secondary N) is 2. The molecule has 0 radical (unpaired) electrons. The summed E-state index contributed by atoms with van der Waals surface area (Å²) in [5, 5.41) is 4.26. The summed E-state index contributed by atoms with van der Waals surface area (Å²) in [6.07, 6.45) is -4.81. The second-order valence-electron chi connectivity index (χ2n) is 5.01. The SMILES string of the molecule is O=C(CCNc1ccc(Cl)c(C(F)(F)F)c1)Nc1c(F)cccc1F. The molecule has 0 saturated carbocycles. The van der Waals surface area contributed by atoms with Crippen LogP contribution in [0.2, 0.25) is 5.02 Å². The molecule has 0 aliphatic carbocycles. The van der Waals surface area contributed by atoms with E-state index in [4.69, 9.17) is 11.6 Å². The van der Waals surface area contributed by atoms with Crippen molar-refractivity contribution in [1.29, 1.82) is 0 Å². The molecule has 2 rings (SSSR count). The topological polar surface area (TPSA) is 41.1 Å². The summed E-state index contributed by atoms with van der Waals surface area (Å²) in [7, 11) is 0. The van der Waals surface area contributed by atoms with Gasteiger partial charge < -0.3 is 10.6 Å². The number of anilines is 2. The van der Waals surface area contributed by atoms with Crippen LogP contribution in [0.15, 0.2) is 36.4 Å². The van der Waals surface area contributed by atoms with Crippen LogP contribution in [0.5, 0.6) is 0 Å². The van der Waals surface area contributed by atoms with Crippen molar-refractivity contribution in [2.45, 2.75) is 12.6 Å². The Morgan fingerprint density at radius 1 is 1.08 bits per heavy atom. The Labute approximate surface area is 144 Å². The lowest BCUT2D eigenvalue weighted by molar-refractivity contribution is -0.137. The summed E-state index contributed by atoms with van der Waals surface area (Å²) in [5.41, 5.74) is -1.46. The highest BCUT2D eigenvalue weighted by atomic mass is 35.5. The van der Waals surface area contributed by atoms with E-state index in [0.717, 1.165) is 30.3 Å². The number of benzene rings is 2. The van der Waals surface area contributed by atoms with Gasteiger partial charge in [-0.15, -0.1) is 0 Å². The van der Waals surface area contributed by atoms with E-state index in [1.807, 2.05) is 0 Å². The Bertz CT molecular complexity index is 759. The number of hydrogen-bond acceptors (Lipinski definition) is 2. The monoisotopic (exact) mass is 378 g/mol. The minimum atomic E-state index is -4.60. The highest BCUT2D eigenvalue weighted by Crippen LogP contribution is 2.36. The van der Waals surface area contributed by atoms with Crippen molar-refractivity contribution >= 4 is 28.9 Å². The number of amides is 1. The molecule has 0 aliphatic heterocycles. The minimum Gasteiger partial charge on any atom is -0.385 e. The molecule has 0 saturated heterocycles. The van der Waals surface area contributed by atoms with Gasteiger partial charge in [-0.3, -0.25) is 4.79 Å². The Balaban J connectivity index is 1.94. The zero-order valence-corrected chi connectivity index (χ0v) is 13.3. The third-order valence-electron chi connectivity index (χ3n) is 3.18. The fraction of sp³-hybridized carbons (Fsp3) is 0.188. The van der Waals surface area contributed by atoms with Crippen LogP contribution in [0, 0.1) is 11.6 Å². The fourth-order valence-electron chi connectivity index (χ4n) is 1.99. The normalized spacial score (nSPS) is 11.3. The van der Waals surface area contributed by atoms with Crippen LogP contribution in [0.1, 0.15) is 12.0 Å². The molecule has 0 aliphatic rings. The molecule has 0 aromatic heterocycles. The molecule has 1 amide bonds. The summed E-state index contributed by atoms with van der Waals surface area (Å²) in [5.74, 6) is -2.54. The van der Waals surface area contributed by atoms with Crippen molar-refractivity contribution in [1.82, 2.24) is 0 Å². The fourth-order valence-corrected chi connectivity index (χ4v) is 2.22. The largest absolute Gasteiger partial charge is 0.417 e. The molecule has 2 aromatic carbocycles. The molecule has 9 heteroatoms. The molecule has 3 nitrogen and oxygen atoms in total. The quantitative estimate of drug-likeness (QED) is 0.712. The highest BCUT2D eigenvalue weighted by Gasteiger charge is 2.33. The second kappa shape index (κ2) is 7.69. The summed E-state index contributed by atoms with van der Waals surface area (Å²) < 4.78 is 65.1. The van der Waals surface area contributed by atoms with E-state index >= 15 is 0 Å². The third kappa shape index (κ3) is 5.06. The van der Waals surface area contributed by atoms with Gasteiger partial charge in [0.1, 0.15) is 17.3 Å². The van der Waals surface area contributed by atoms with E-state index in [1.165, 1.54) is 6.07 Å². The van der Waals surface area contributed by atoms with Gasteiger partial charge in [0.05, 0.1) is 10.6 Å². The van der Waals surface area contributed by atoms with E-state index in [9.17, 15) is 26.7 Å². The smallest absolute Gasteiger partial charge is 0.385 e. The highest BCUT2D eigenvalue weighted by molar-refractivity contribution is 6.31. The molecule has 0 fully saturated rings. The van der Waals surface area contributed by atoms with Crippen LogP contribution in [-0.4, -0.2) is 12.5 Å². The molecule has 134 valence electrons. The number of halogens is 6. The maximum Gasteiger partial charge on any atom is 0.417 e. The molecule has 0 unspecified atom stereocenters. The Kier molecular flexibility index (Phi) is 5.84. The predicted octanol–water partition coefficient (Wildman–Crippen LogP) is 5.08. The van der Waals surface area contributed by atoms with Crippen LogP contribution in [-0.2, 0) is 11.0 Å². The maximum absolute atomic E-state index is 13.4. The molecular formula is C16H12ClF5N2O. The first-order chi connectivity index (χ1) is 11.7. The van der Waals surface area contributed by atoms with Gasteiger partial charge in [0, 0.05) is 18.7 Å². The van der Waals surface area contributed by atoms with Crippen LogP contribution >= 0.6 is 11.6 Å². The van der Waals surface area contributed by atoms with Crippen LogP contribution in [0.3, 0.4) is 0 Å². The van der Waals surface area contributed by atoms with E-state index in [0.29, 0.717) is 0 Å². The third-order valence-corrected chi connectivity index (χ3v) is 3.51. The van der Waals surface area contributed by atoms with E-state index in [1.54, 1.807) is 0 Å². The lowest BCUT2D eigenvalue weighted by atomic mass is 10.2. The van der Waals surface area contributed by atoms with Crippen molar-refractivity contribution in [3.05, 3.63) is 58.6 Å². The minimum absolute atomic E-state index is 0.0408.